The van der Waals surface area contributed by atoms with Gasteiger partial charge in [-0.1, -0.05) is 48.5 Å². The highest BCUT2D eigenvalue weighted by Gasteiger charge is 2.38. The summed E-state index contributed by atoms with van der Waals surface area (Å²) in [6.45, 7) is 0. The molecule has 1 aliphatic heterocycles. The summed E-state index contributed by atoms with van der Waals surface area (Å²) in [6, 6.07) is 17.7. The number of aliphatic hydroxyl groups excluding tert-OH is 1. The van der Waals surface area contributed by atoms with Crippen molar-refractivity contribution >= 4 is 66.9 Å². The van der Waals surface area contributed by atoms with E-state index in [1.165, 1.54) is 0 Å². The third-order valence-electron chi connectivity index (χ3n) is 6.47. The molecule has 8 heteroatoms. The average molecular weight is 446 g/mol. The third-order valence-corrected chi connectivity index (χ3v) is 6.47. The van der Waals surface area contributed by atoms with Gasteiger partial charge in [-0.15, -0.1) is 0 Å². The maximum atomic E-state index is 13.4. The van der Waals surface area contributed by atoms with Crippen LogP contribution in [0.2, 0.25) is 0 Å². The number of hydrogen-bond acceptors (Lipinski definition) is 5. The predicted molar refractivity (Wildman–Crippen MR) is 130 cm³/mol. The molecular weight excluding hydrogens is 432 g/mol. The smallest absolute Gasteiger partial charge is 0.345 e. The van der Waals surface area contributed by atoms with Crippen molar-refractivity contribution in [1.82, 2.24) is 9.97 Å². The van der Waals surface area contributed by atoms with Gasteiger partial charge in [0, 0.05) is 21.6 Å². The second-order valence-corrected chi connectivity index (χ2v) is 8.31. The fourth-order valence-corrected chi connectivity index (χ4v) is 5.02. The molecule has 0 atom stereocenters. The molecule has 162 valence electrons. The molecule has 34 heavy (non-hydrogen) atoms. The summed E-state index contributed by atoms with van der Waals surface area (Å²) in [5.41, 5.74) is 2.17. The minimum Gasteiger partial charge on any atom is -0.506 e. The number of urea groups is 1. The Hall–Kier alpha value is -4.98. The fraction of sp³-hybridized carbons (Fsp3) is 0. The first-order valence-corrected chi connectivity index (χ1v) is 10.6. The van der Waals surface area contributed by atoms with E-state index in [2.05, 4.69) is 20.6 Å². The SMILES string of the molecule is O=C1Nc2cccc3ccc(C4=C(O)/C(=c5/ccc6cccc7[nH]c(=O)nc5c67)C4=O)c(c23)N1. The number of aromatic amines is 1. The molecule has 2 heterocycles. The molecule has 4 N–H and O–H groups in total. The summed E-state index contributed by atoms with van der Waals surface area (Å²) in [7, 11) is 0. The van der Waals surface area contributed by atoms with Crippen LogP contribution in [0.4, 0.5) is 16.2 Å². The lowest BCUT2D eigenvalue weighted by atomic mass is 9.80. The maximum Gasteiger partial charge on any atom is 0.345 e. The van der Waals surface area contributed by atoms with Crippen LogP contribution in [0.1, 0.15) is 5.56 Å². The first-order chi connectivity index (χ1) is 16.5. The maximum absolute atomic E-state index is 13.4. The van der Waals surface area contributed by atoms with Crippen molar-refractivity contribution in [2.45, 2.75) is 0 Å². The van der Waals surface area contributed by atoms with Gasteiger partial charge in [0.05, 0.1) is 33.6 Å². The van der Waals surface area contributed by atoms with E-state index in [4.69, 9.17) is 0 Å². The summed E-state index contributed by atoms with van der Waals surface area (Å²) in [5, 5.41) is 20.2. The molecular formula is C26H14N4O4. The average Bonchev–Trinajstić information content (AvgIpc) is 2.82. The van der Waals surface area contributed by atoms with E-state index in [1.807, 2.05) is 36.4 Å². The zero-order chi connectivity index (χ0) is 23.1. The van der Waals surface area contributed by atoms with Gasteiger partial charge in [0.2, 0.25) is 5.78 Å². The number of aromatic nitrogens is 2. The molecule has 0 saturated heterocycles. The van der Waals surface area contributed by atoms with Gasteiger partial charge in [0.25, 0.3) is 0 Å². The Balaban J connectivity index is 1.54. The standard InChI is InChI=1S/C26H14N4O4/c31-23-19(13-9-7-11-3-1-5-15-17(11)21(13)29-25(33)27-15)24(32)20(23)14-10-8-12-4-2-6-16-18(12)22(14)30-26(34)28-16/h1-10,31H,(H,27,29,33)(H2,28,30,34)/b19-13+. The molecule has 0 unspecified atom stereocenters. The van der Waals surface area contributed by atoms with Gasteiger partial charge in [-0.3, -0.25) is 4.79 Å². The van der Waals surface area contributed by atoms with E-state index in [0.29, 0.717) is 38.6 Å². The summed E-state index contributed by atoms with van der Waals surface area (Å²) in [6.07, 6.45) is 0. The predicted octanol–water partition coefficient (Wildman–Crippen LogP) is 3.61. The number of benzene rings is 4. The van der Waals surface area contributed by atoms with Crippen molar-refractivity contribution in [3.63, 3.8) is 0 Å². The largest absolute Gasteiger partial charge is 0.506 e. The number of rotatable bonds is 1. The highest BCUT2D eigenvalue weighted by molar-refractivity contribution is 6.53. The lowest BCUT2D eigenvalue weighted by Gasteiger charge is -2.27. The van der Waals surface area contributed by atoms with Gasteiger partial charge in [0.15, 0.2) is 0 Å². The number of allylic oxidation sites excluding steroid dienone is 2. The molecule has 0 saturated carbocycles. The number of amides is 2. The highest BCUT2D eigenvalue weighted by Crippen LogP contribution is 2.45. The number of ketones is 1. The van der Waals surface area contributed by atoms with Gasteiger partial charge in [-0.25, -0.2) is 9.59 Å². The van der Waals surface area contributed by atoms with Crippen molar-refractivity contribution in [2.24, 2.45) is 0 Å². The van der Waals surface area contributed by atoms with Crippen LogP contribution in [-0.4, -0.2) is 26.9 Å². The fourth-order valence-electron chi connectivity index (χ4n) is 5.02. The van der Waals surface area contributed by atoms with E-state index in [1.54, 1.807) is 24.3 Å². The Morgan fingerprint density at radius 2 is 1.53 bits per heavy atom. The van der Waals surface area contributed by atoms with Gasteiger partial charge < -0.3 is 20.7 Å². The lowest BCUT2D eigenvalue weighted by Crippen LogP contribution is -2.30. The van der Waals surface area contributed by atoms with Gasteiger partial charge >= 0.3 is 11.7 Å². The number of nitrogens with zero attached hydrogens (tertiary/aromatic N) is 1. The van der Waals surface area contributed by atoms with Crippen molar-refractivity contribution in [3.8, 4) is 0 Å². The number of aliphatic hydroxyl groups is 1. The minimum absolute atomic E-state index is 0.0981. The zero-order valence-corrected chi connectivity index (χ0v) is 17.4. The molecule has 5 aromatic rings. The second-order valence-electron chi connectivity index (χ2n) is 8.31. The summed E-state index contributed by atoms with van der Waals surface area (Å²) in [4.78, 5) is 44.7. The number of nitrogens with one attached hydrogen (secondary N) is 3. The van der Waals surface area contributed by atoms with E-state index in [-0.39, 0.29) is 22.7 Å². The number of Topliss-reactive ketones (excluding diaryl/α,β-unsaturated/α-hetero) is 1. The van der Waals surface area contributed by atoms with Gasteiger partial charge in [-0.05, 0) is 22.9 Å². The first-order valence-electron chi connectivity index (χ1n) is 10.6. The second kappa shape index (κ2) is 6.29. The van der Waals surface area contributed by atoms with Crippen LogP contribution >= 0.6 is 0 Å². The number of carbonyl (C=O) groups is 2. The zero-order valence-electron chi connectivity index (χ0n) is 17.4. The monoisotopic (exact) mass is 446 g/mol. The number of hydrogen-bond donors (Lipinski definition) is 4. The Morgan fingerprint density at radius 3 is 2.35 bits per heavy atom. The Labute approximate surface area is 190 Å². The molecule has 1 aromatic heterocycles. The Kier molecular flexibility index (Phi) is 3.44. The number of carbonyl (C=O) groups excluding carboxylic acids is 2. The van der Waals surface area contributed by atoms with E-state index in [9.17, 15) is 19.5 Å². The first kappa shape index (κ1) is 18.6. The third kappa shape index (κ3) is 2.31. The Bertz CT molecular complexity index is 1930. The van der Waals surface area contributed by atoms with Crippen LogP contribution in [0.15, 0.2) is 71.2 Å². The van der Waals surface area contributed by atoms with Crippen LogP contribution in [0.5, 0.6) is 0 Å². The normalized spacial score (nSPS) is 16.7. The van der Waals surface area contributed by atoms with E-state index in [0.717, 1.165) is 16.2 Å². The van der Waals surface area contributed by atoms with Crippen LogP contribution < -0.4 is 21.5 Å². The van der Waals surface area contributed by atoms with Crippen molar-refractivity contribution in [3.05, 3.63) is 87.7 Å². The quantitative estimate of drug-likeness (QED) is 0.313. The van der Waals surface area contributed by atoms with Crippen molar-refractivity contribution < 1.29 is 14.7 Å². The molecule has 4 aromatic carbocycles. The summed E-state index contributed by atoms with van der Waals surface area (Å²) < 4.78 is 0. The number of anilines is 2. The van der Waals surface area contributed by atoms with E-state index >= 15 is 0 Å². The highest BCUT2D eigenvalue weighted by atomic mass is 16.3. The topological polar surface area (TPSA) is 124 Å². The van der Waals surface area contributed by atoms with Crippen LogP contribution in [0, 0.1) is 0 Å². The number of H-pyrrole nitrogens is 1. The molecule has 0 fully saturated rings. The lowest BCUT2D eigenvalue weighted by molar-refractivity contribution is -0.109. The van der Waals surface area contributed by atoms with Crippen molar-refractivity contribution in [2.75, 3.05) is 10.6 Å². The van der Waals surface area contributed by atoms with Crippen LogP contribution in [0.25, 0.3) is 43.7 Å². The molecule has 8 nitrogen and oxygen atoms in total. The molecule has 1 aliphatic carbocycles. The molecule has 2 aliphatic rings. The molecule has 7 rings (SSSR count). The molecule has 2 amide bonds. The van der Waals surface area contributed by atoms with Gasteiger partial charge in [-0.2, -0.15) is 4.98 Å². The summed E-state index contributed by atoms with van der Waals surface area (Å²) in [5.74, 6) is -0.576. The van der Waals surface area contributed by atoms with Crippen molar-refractivity contribution in [1.29, 1.82) is 0 Å². The van der Waals surface area contributed by atoms with Gasteiger partial charge in [0.1, 0.15) is 5.76 Å². The minimum atomic E-state index is -0.537. The van der Waals surface area contributed by atoms with E-state index < -0.39 is 11.7 Å². The van der Waals surface area contributed by atoms with Crippen LogP contribution in [0.3, 0.4) is 0 Å². The van der Waals surface area contributed by atoms with Crippen LogP contribution in [-0.2, 0) is 4.79 Å². The molecule has 0 radical (unpaired) electrons. The molecule has 0 bridgehead atoms. The molecule has 0 spiro atoms. The summed E-state index contributed by atoms with van der Waals surface area (Å²) >= 11 is 0. The Morgan fingerprint density at radius 1 is 0.765 bits per heavy atom.